The molecule has 1 amide bonds. The lowest BCUT2D eigenvalue weighted by atomic mass is 10.1. The van der Waals surface area contributed by atoms with Crippen molar-refractivity contribution in [2.45, 2.75) is 39.8 Å². The molecule has 0 aliphatic carbocycles. The van der Waals surface area contributed by atoms with Crippen LogP contribution in [0.5, 0.6) is 0 Å². The van der Waals surface area contributed by atoms with Gasteiger partial charge in [-0.2, -0.15) is 5.10 Å². The highest BCUT2D eigenvalue weighted by molar-refractivity contribution is 7.12. The number of hydrogen-bond donors (Lipinski definition) is 2. The number of carbonyl (C=O) groups excluding carboxylic acids is 1. The van der Waals surface area contributed by atoms with Crippen LogP contribution in [0.1, 0.15) is 42.9 Å². The number of likely N-dealkylation sites (N-methyl/N-ethyl adjacent to an activating group) is 1. The molecule has 4 rings (SSSR count). The number of nitrogens with zero attached hydrogens (tertiary/aromatic N) is 6. The summed E-state index contributed by atoms with van der Waals surface area (Å²) in [6, 6.07) is 7.88. The maximum atomic E-state index is 13.4. The first-order valence-electron chi connectivity index (χ1n) is 13.5. The first-order chi connectivity index (χ1) is 18.8. The van der Waals surface area contributed by atoms with Crippen LogP contribution in [-0.4, -0.2) is 94.5 Å². The van der Waals surface area contributed by atoms with Gasteiger partial charge < -0.3 is 20.1 Å². The first-order valence-corrected chi connectivity index (χ1v) is 14.4. The normalized spacial score (nSPS) is 17.1. The van der Waals surface area contributed by atoms with E-state index in [-0.39, 0.29) is 24.7 Å². The predicted octanol–water partition coefficient (Wildman–Crippen LogP) is 3.34. The summed E-state index contributed by atoms with van der Waals surface area (Å²) in [5.74, 6) is 1.17. The Morgan fingerprint density at radius 1 is 1.36 bits per heavy atom. The molecule has 1 aliphatic rings. The van der Waals surface area contributed by atoms with Crippen LogP contribution >= 0.6 is 11.3 Å². The summed E-state index contributed by atoms with van der Waals surface area (Å²) in [7, 11) is 1.85. The van der Waals surface area contributed by atoms with E-state index in [9.17, 15) is 9.90 Å². The molecule has 210 valence electrons. The summed E-state index contributed by atoms with van der Waals surface area (Å²) in [5.41, 5.74) is 2.76. The van der Waals surface area contributed by atoms with Gasteiger partial charge in [0.2, 0.25) is 0 Å². The number of morpholine rings is 1. The van der Waals surface area contributed by atoms with Gasteiger partial charge in [0.25, 0.3) is 5.91 Å². The number of ether oxygens (including phenoxy) is 1. The zero-order valence-corrected chi connectivity index (χ0v) is 24.2. The number of anilines is 1. The number of nitrogens with one attached hydrogen (secondary N) is 1. The smallest absolute Gasteiger partial charge is 0.251 e. The molecule has 0 unspecified atom stereocenters. The largest absolute Gasteiger partial charge is 0.394 e. The standard InChI is InChI=1S/C28H39N7O3S/c1-6-34(7-2)19(3)15-29-28(37)21-13-24(32-26(14-21)35-10-11-38-22(17-35)18-36)23-16-30-33(5)27(23)31-20(4)25-9-8-12-39-25/h8-9,12-14,16,19,22,36H,6-7,10-11,15,17-18H2,1-5H3,(H,29,37)/b31-20+/t19-,22-/m0/s1. The van der Waals surface area contributed by atoms with Crippen molar-refractivity contribution in [2.75, 3.05) is 50.8 Å². The van der Waals surface area contributed by atoms with Gasteiger partial charge in [0.1, 0.15) is 5.82 Å². The molecule has 0 bridgehead atoms. The Balaban J connectivity index is 1.71. The molecule has 0 aromatic carbocycles. The van der Waals surface area contributed by atoms with Crippen LogP contribution in [0.15, 0.2) is 40.8 Å². The Morgan fingerprint density at radius 3 is 2.85 bits per heavy atom. The lowest BCUT2D eigenvalue weighted by Gasteiger charge is -2.33. The third-order valence-electron chi connectivity index (χ3n) is 7.07. The highest BCUT2D eigenvalue weighted by Gasteiger charge is 2.24. The van der Waals surface area contributed by atoms with Gasteiger partial charge in [0.15, 0.2) is 5.82 Å². The van der Waals surface area contributed by atoms with E-state index >= 15 is 0 Å². The minimum atomic E-state index is -0.302. The van der Waals surface area contributed by atoms with E-state index in [0.717, 1.165) is 29.2 Å². The number of rotatable bonds is 11. The van der Waals surface area contributed by atoms with E-state index < -0.39 is 0 Å². The van der Waals surface area contributed by atoms with Crippen molar-refractivity contribution in [1.29, 1.82) is 0 Å². The van der Waals surface area contributed by atoms with Crippen LogP contribution in [0, 0.1) is 0 Å². The van der Waals surface area contributed by atoms with Crippen molar-refractivity contribution in [2.24, 2.45) is 12.0 Å². The predicted molar refractivity (Wildman–Crippen MR) is 156 cm³/mol. The van der Waals surface area contributed by atoms with E-state index in [1.54, 1.807) is 28.3 Å². The fourth-order valence-electron chi connectivity index (χ4n) is 4.75. The number of aryl methyl sites for hydroxylation is 1. The monoisotopic (exact) mass is 553 g/mol. The maximum Gasteiger partial charge on any atom is 0.251 e. The first kappa shape index (κ1) is 28.9. The molecule has 39 heavy (non-hydrogen) atoms. The topological polar surface area (TPSA) is 108 Å². The molecule has 10 nitrogen and oxygen atoms in total. The minimum Gasteiger partial charge on any atom is -0.394 e. The molecule has 1 aliphatic heterocycles. The molecular formula is C28H39N7O3S. The van der Waals surface area contributed by atoms with Gasteiger partial charge in [-0.05, 0) is 50.5 Å². The molecule has 3 aromatic rings. The number of aliphatic hydroxyl groups excluding tert-OH is 1. The molecule has 0 spiro atoms. The second kappa shape index (κ2) is 13.3. The minimum absolute atomic E-state index is 0.0732. The van der Waals surface area contributed by atoms with Crippen molar-refractivity contribution in [3.8, 4) is 11.3 Å². The van der Waals surface area contributed by atoms with Gasteiger partial charge in [0.05, 0.1) is 42.5 Å². The molecule has 2 atom stereocenters. The summed E-state index contributed by atoms with van der Waals surface area (Å²) in [6.07, 6.45) is 1.44. The average molecular weight is 554 g/mol. The Kier molecular flexibility index (Phi) is 9.84. The van der Waals surface area contributed by atoms with Gasteiger partial charge in [0, 0.05) is 43.2 Å². The van der Waals surface area contributed by atoms with E-state index in [1.807, 2.05) is 37.6 Å². The Bertz CT molecular complexity index is 1270. The molecule has 3 aromatic heterocycles. The van der Waals surface area contributed by atoms with Crippen LogP contribution in [0.2, 0.25) is 0 Å². The number of thiophene rings is 1. The molecule has 4 heterocycles. The fraction of sp³-hybridized carbons (Fsp3) is 0.500. The summed E-state index contributed by atoms with van der Waals surface area (Å²) < 4.78 is 7.37. The Labute approximate surface area is 234 Å². The number of amides is 1. The van der Waals surface area contributed by atoms with Crippen LogP contribution in [-0.2, 0) is 11.8 Å². The summed E-state index contributed by atoms with van der Waals surface area (Å²) in [5, 5.41) is 19.3. The van der Waals surface area contributed by atoms with Crippen LogP contribution in [0.4, 0.5) is 11.6 Å². The number of carbonyl (C=O) groups is 1. The van der Waals surface area contributed by atoms with E-state index in [4.69, 9.17) is 14.7 Å². The van der Waals surface area contributed by atoms with Gasteiger partial charge in [-0.25, -0.2) is 9.98 Å². The van der Waals surface area contributed by atoms with Gasteiger partial charge in [-0.1, -0.05) is 19.9 Å². The van der Waals surface area contributed by atoms with Crippen LogP contribution in [0.3, 0.4) is 0 Å². The number of aromatic nitrogens is 3. The highest BCUT2D eigenvalue weighted by Crippen LogP contribution is 2.32. The summed E-state index contributed by atoms with van der Waals surface area (Å²) >= 11 is 1.63. The summed E-state index contributed by atoms with van der Waals surface area (Å²) in [6.45, 7) is 12.2. The lowest BCUT2D eigenvalue weighted by Crippen LogP contribution is -2.44. The molecule has 0 saturated carbocycles. The third kappa shape index (κ3) is 6.91. The second-order valence-corrected chi connectivity index (χ2v) is 10.6. The van der Waals surface area contributed by atoms with Crippen molar-refractivity contribution in [3.05, 3.63) is 46.3 Å². The SMILES string of the molecule is CCN(CC)[C@@H](C)CNC(=O)c1cc(-c2cnn(C)c2/N=C(\C)c2cccs2)nc(N2CCO[C@H](CO)C2)c1. The number of aliphatic imine (C=N–C) groups is 1. The Hall–Kier alpha value is -3.12. The maximum absolute atomic E-state index is 13.4. The number of hydrogen-bond acceptors (Lipinski definition) is 9. The fourth-order valence-corrected chi connectivity index (χ4v) is 5.42. The summed E-state index contributed by atoms with van der Waals surface area (Å²) in [4.78, 5) is 28.7. The van der Waals surface area contributed by atoms with Crippen molar-refractivity contribution in [1.82, 2.24) is 25.0 Å². The zero-order chi connectivity index (χ0) is 27.9. The molecule has 0 radical (unpaired) electrons. The molecule has 1 fully saturated rings. The number of aliphatic hydroxyl groups is 1. The average Bonchev–Trinajstić information content (AvgIpc) is 3.63. The van der Waals surface area contributed by atoms with E-state index in [0.29, 0.717) is 49.1 Å². The van der Waals surface area contributed by atoms with Crippen LogP contribution in [0.25, 0.3) is 11.3 Å². The van der Waals surface area contributed by atoms with Crippen molar-refractivity contribution >= 4 is 34.6 Å². The quantitative estimate of drug-likeness (QED) is 0.351. The van der Waals surface area contributed by atoms with E-state index in [2.05, 4.69) is 41.0 Å². The molecule has 11 heteroatoms. The Morgan fingerprint density at radius 2 is 2.15 bits per heavy atom. The van der Waals surface area contributed by atoms with Gasteiger partial charge >= 0.3 is 0 Å². The van der Waals surface area contributed by atoms with Gasteiger partial charge in [-0.15, -0.1) is 11.3 Å². The third-order valence-corrected chi connectivity index (χ3v) is 8.05. The van der Waals surface area contributed by atoms with E-state index in [1.165, 1.54) is 0 Å². The lowest BCUT2D eigenvalue weighted by molar-refractivity contribution is 0.00336. The van der Waals surface area contributed by atoms with Crippen molar-refractivity contribution < 1.29 is 14.6 Å². The van der Waals surface area contributed by atoms with Crippen LogP contribution < -0.4 is 10.2 Å². The van der Waals surface area contributed by atoms with Crippen molar-refractivity contribution in [3.63, 3.8) is 0 Å². The molecule has 2 N–H and O–H groups in total. The number of pyridine rings is 1. The van der Waals surface area contributed by atoms with Gasteiger partial charge in [-0.3, -0.25) is 14.4 Å². The molecular weight excluding hydrogens is 514 g/mol. The second-order valence-electron chi connectivity index (χ2n) is 9.68. The zero-order valence-electron chi connectivity index (χ0n) is 23.4. The molecule has 1 saturated heterocycles. The highest BCUT2D eigenvalue weighted by atomic mass is 32.1.